The number of fused-ring (bicyclic) bond motifs is 1. The van der Waals surface area contributed by atoms with E-state index in [0.717, 1.165) is 18.6 Å². The van der Waals surface area contributed by atoms with Crippen LogP contribution in [0.25, 0.3) is 10.9 Å². The third-order valence-corrected chi connectivity index (χ3v) is 6.84. The van der Waals surface area contributed by atoms with Gasteiger partial charge in [-0.2, -0.15) is 9.89 Å². The first-order chi connectivity index (χ1) is 16.8. The number of benzene rings is 2. The minimum absolute atomic E-state index is 0.169. The number of carbonyl (C=O) groups is 1. The fourth-order valence-electron chi connectivity index (χ4n) is 3.42. The van der Waals surface area contributed by atoms with Gasteiger partial charge in [0, 0.05) is 37.9 Å². The molecular formula is C23H21F2N5O4S. The van der Waals surface area contributed by atoms with Crippen LogP contribution in [0.4, 0.5) is 14.5 Å². The van der Waals surface area contributed by atoms with E-state index in [-0.39, 0.29) is 4.90 Å². The Balaban J connectivity index is 1.57. The average Bonchev–Trinajstić information content (AvgIpc) is 3.23. The Morgan fingerprint density at radius 2 is 1.83 bits per heavy atom. The van der Waals surface area contributed by atoms with Crippen molar-refractivity contribution in [1.29, 1.82) is 0 Å². The second-order valence-corrected chi connectivity index (χ2v) is 9.47. The number of methoxy groups -OCH3 is 1. The Morgan fingerprint density at radius 3 is 2.57 bits per heavy atom. The lowest BCUT2D eigenvalue weighted by Gasteiger charge is -2.12. The Morgan fingerprint density at radius 1 is 1.06 bits per heavy atom. The number of nitrogens with one attached hydrogen (secondary N) is 2. The Kier molecular flexibility index (Phi) is 7.03. The van der Waals surface area contributed by atoms with Gasteiger partial charge >= 0.3 is 0 Å². The third-order valence-electron chi connectivity index (χ3n) is 5.11. The molecule has 2 aromatic carbocycles. The van der Waals surface area contributed by atoms with Gasteiger partial charge in [0.25, 0.3) is 5.91 Å². The number of rotatable bonds is 9. The van der Waals surface area contributed by atoms with Crippen molar-refractivity contribution >= 4 is 32.3 Å². The molecule has 0 saturated carbocycles. The van der Waals surface area contributed by atoms with E-state index in [1.54, 1.807) is 13.2 Å². The highest BCUT2D eigenvalue weighted by atomic mass is 32.2. The van der Waals surface area contributed by atoms with Gasteiger partial charge in [-0.1, -0.05) is 0 Å². The van der Waals surface area contributed by atoms with Crippen LogP contribution < -0.4 is 10.7 Å². The molecule has 2 heterocycles. The van der Waals surface area contributed by atoms with Gasteiger partial charge in [0.1, 0.15) is 11.6 Å². The quantitative estimate of drug-likeness (QED) is 0.338. The number of ether oxygens (including phenoxy) is 1. The number of pyridine rings is 1. The zero-order chi connectivity index (χ0) is 25.0. The SMILES string of the molecule is COCCCNc1cnccc1C(=O)Nn1ncc2cc(S(=O)(=O)c3cc(F)cc(F)c3)ccc21. The number of hydrogen-bond acceptors (Lipinski definition) is 7. The maximum absolute atomic E-state index is 13.6. The topological polar surface area (TPSA) is 115 Å². The molecule has 0 radical (unpaired) electrons. The van der Waals surface area contributed by atoms with Crippen molar-refractivity contribution in [3.8, 4) is 0 Å². The smallest absolute Gasteiger partial charge is 0.273 e. The fourth-order valence-corrected chi connectivity index (χ4v) is 4.75. The van der Waals surface area contributed by atoms with E-state index in [4.69, 9.17) is 4.74 Å². The van der Waals surface area contributed by atoms with E-state index >= 15 is 0 Å². The summed E-state index contributed by atoms with van der Waals surface area (Å²) in [7, 11) is -2.57. The lowest BCUT2D eigenvalue weighted by Crippen LogP contribution is -2.25. The molecule has 2 N–H and O–H groups in total. The summed E-state index contributed by atoms with van der Waals surface area (Å²) in [6, 6.07) is 7.70. The summed E-state index contributed by atoms with van der Waals surface area (Å²) in [6.07, 6.45) is 5.14. The first-order valence-corrected chi connectivity index (χ1v) is 11.9. The van der Waals surface area contributed by atoms with E-state index < -0.39 is 32.3 Å². The van der Waals surface area contributed by atoms with Crippen LogP contribution in [0.15, 0.2) is 70.8 Å². The molecule has 12 heteroatoms. The lowest BCUT2D eigenvalue weighted by molar-refractivity contribution is 0.101. The first-order valence-electron chi connectivity index (χ1n) is 10.5. The van der Waals surface area contributed by atoms with Crippen LogP contribution in [0.3, 0.4) is 0 Å². The van der Waals surface area contributed by atoms with Crippen LogP contribution >= 0.6 is 0 Å². The molecule has 182 valence electrons. The van der Waals surface area contributed by atoms with E-state index in [2.05, 4.69) is 20.8 Å². The summed E-state index contributed by atoms with van der Waals surface area (Å²) >= 11 is 0. The zero-order valence-corrected chi connectivity index (χ0v) is 19.4. The minimum Gasteiger partial charge on any atom is -0.385 e. The van der Waals surface area contributed by atoms with Crippen molar-refractivity contribution in [3.63, 3.8) is 0 Å². The first kappa shape index (κ1) is 24.2. The number of aromatic nitrogens is 3. The minimum atomic E-state index is -4.18. The maximum Gasteiger partial charge on any atom is 0.273 e. The molecule has 4 aromatic rings. The molecule has 2 aromatic heterocycles. The van der Waals surface area contributed by atoms with Gasteiger partial charge < -0.3 is 10.1 Å². The van der Waals surface area contributed by atoms with Crippen molar-refractivity contribution in [2.45, 2.75) is 16.2 Å². The predicted octanol–water partition coefficient (Wildman–Crippen LogP) is 3.37. The van der Waals surface area contributed by atoms with Crippen LogP contribution in [0, 0.1) is 11.6 Å². The van der Waals surface area contributed by atoms with Crippen molar-refractivity contribution in [2.24, 2.45) is 0 Å². The molecule has 1 amide bonds. The van der Waals surface area contributed by atoms with Crippen LogP contribution in [0.2, 0.25) is 0 Å². The lowest BCUT2D eigenvalue weighted by atomic mass is 10.2. The predicted molar refractivity (Wildman–Crippen MR) is 124 cm³/mol. The average molecular weight is 502 g/mol. The number of anilines is 1. The monoisotopic (exact) mass is 501 g/mol. The van der Waals surface area contributed by atoms with E-state index in [0.29, 0.717) is 41.4 Å². The number of sulfone groups is 1. The fraction of sp³-hybridized carbons (Fsp3) is 0.174. The largest absolute Gasteiger partial charge is 0.385 e. The van der Waals surface area contributed by atoms with Gasteiger partial charge in [-0.05, 0) is 42.8 Å². The molecule has 9 nitrogen and oxygen atoms in total. The van der Waals surface area contributed by atoms with Gasteiger partial charge in [-0.25, -0.2) is 22.6 Å². The maximum atomic E-state index is 13.6. The molecule has 0 spiro atoms. The van der Waals surface area contributed by atoms with Crippen molar-refractivity contribution in [1.82, 2.24) is 14.9 Å². The Labute approximate surface area is 199 Å². The van der Waals surface area contributed by atoms with Gasteiger partial charge in [0.2, 0.25) is 9.84 Å². The molecule has 0 aliphatic heterocycles. The van der Waals surface area contributed by atoms with Gasteiger partial charge in [-0.3, -0.25) is 9.78 Å². The molecule has 0 unspecified atom stereocenters. The van der Waals surface area contributed by atoms with E-state index in [1.807, 2.05) is 0 Å². The molecular weight excluding hydrogens is 480 g/mol. The number of hydrogen-bond donors (Lipinski definition) is 2. The zero-order valence-electron chi connectivity index (χ0n) is 18.5. The van der Waals surface area contributed by atoms with Crippen molar-refractivity contribution < 1.29 is 26.7 Å². The Hall–Kier alpha value is -3.90. The number of carbonyl (C=O) groups excluding carboxylic acids is 1. The molecule has 35 heavy (non-hydrogen) atoms. The second-order valence-electron chi connectivity index (χ2n) is 7.52. The number of amides is 1. The number of halogens is 2. The molecule has 0 bridgehead atoms. The van der Waals surface area contributed by atoms with Crippen LogP contribution in [-0.4, -0.2) is 49.5 Å². The Bertz CT molecular complexity index is 1470. The normalized spacial score (nSPS) is 11.5. The second kappa shape index (κ2) is 10.2. The van der Waals surface area contributed by atoms with Gasteiger partial charge in [0.15, 0.2) is 0 Å². The van der Waals surface area contributed by atoms with E-state index in [9.17, 15) is 22.0 Å². The van der Waals surface area contributed by atoms with Gasteiger partial charge in [-0.15, -0.1) is 0 Å². The van der Waals surface area contributed by atoms with Crippen molar-refractivity contribution in [3.05, 3.63) is 78.3 Å². The summed E-state index contributed by atoms with van der Waals surface area (Å²) in [6.45, 7) is 1.15. The standard InChI is InChI=1S/C23H21F2N5O4S/c1-34-8-2-6-27-21-14-26-7-5-20(21)23(31)29-30-22-4-3-18(9-15(22)13-28-30)35(32,33)19-11-16(24)10-17(25)12-19/h3-5,7,9-14,27H,2,6,8H2,1H3,(H,29,31). The number of nitrogens with zero attached hydrogens (tertiary/aromatic N) is 3. The highest BCUT2D eigenvalue weighted by Crippen LogP contribution is 2.26. The summed E-state index contributed by atoms with van der Waals surface area (Å²) < 4.78 is 57.8. The summed E-state index contributed by atoms with van der Waals surface area (Å²) in [5, 5.41) is 7.66. The molecule has 0 aliphatic rings. The van der Waals surface area contributed by atoms with Crippen LogP contribution in [-0.2, 0) is 14.6 Å². The van der Waals surface area contributed by atoms with Crippen LogP contribution in [0.1, 0.15) is 16.8 Å². The molecule has 0 saturated heterocycles. The highest BCUT2D eigenvalue weighted by molar-refractivity contribution is 7.91. The third kappa shape index (κ3) is 5.28. The molecule has 0 atom stereocenters. The summed E-state index contributed by atoms with van der Waals surface area (Å²) in [5.74, 6) is -2.45. The molecule has 4 rings (SSSR count). The van der Waals surface area contributed by atoms with Crippen molar-refractivity contribution in [2.75, 3.05) is 31.0 Å². The van der Waals surface area contributed by atoms with Gasteiger partial charge in [0.05, 0.1) is 39.0 Å². The van der Waals surface area contributed by atoms with E-state index in [1.165, 1.54) is 41.6 Å². The summed E-state index contributed by atoms with van der Waals surface area (Å²) in [4.78, 5) is 17.5. The summed E-state index contributed by atoms with van der Waals surface area (Å²) in [5.41, 5.74) is 3.95. The molecule has 0 aliphatic carbocycles. The molecule has 0 fully saturated rings. The highest BCUT2D eigenvalue weighted by Gasteiger charge is 2.21. The van der Waals surface area contributed by atoms with Crippen LogP contribution in [0.5, 0.6) is 0 Å².